The van der Waals surface area contributed by atoms with Crippen LogP contribution in [0.1, 0.15) is 23.4 Å². The van der Waals surface area contributed by atoms with Gasteiger partial charge in [-0.05, 0) is 64.7 Å². The third-order valence-electron chi connectivity index (χ3n) is 4.37. The van der Waals surface area contributed by atoms with Gasteiger partial charge in [0.05, 0.1) is 11.6 Å². The molecule has 0 fully saturated rings. The molecule has 0 aliphatic carbocycles. The highest BCUT2D eigenvalue weighted by molar-refractivity contribution is 9.10. The van der Waals surface area contributed by atoms with Crippen LogP contribution >= 0.6 is 15.9 Å². The maximum atomic E-state index is 12.2. The van der Waals surface area contributed by atoms with Crippen molar-refractivity contribution >= 4 is 27.5 Å². The van der Waals surface area contributed by atoms with E-state index in [-0.39, 0.29) is 5.91 Å². The number of halogens is 1. The van der Waals surface area contributed by atoms with Gasteiger partial charge in [0.2, 0.25) is 5.91 Å². The molecule has 0 saturated carbocycles. The van der Waals surface area contributed by atoms with Crippen LogP contribution in [-0.4, -0.2) is 22.6 Å². The van der Waals surface area contributed by atoms with Crippen LogP contribution in [0.5, 0.6) is 5.75 Å². The first-order valence-corrected chi connectivity index (χ1v) is 9.53. The number of carbonyl (C=O) groups excluding carboxylic acids is 1. The zero-order valence-electron chi connectivity index (χ0n) is 15.4. The Bertz CT molecular complexity index is 919. The van der Waals surface area contributed by atoms with Gasteiger partial charge in [0.1, 0.15) is 11.6 Å². The number of hydrogen-bond acceptors (Lipinski definition) is 3. The van der Waals surface area contributed by atoms with Gasteiger partial charge < -0.3 is 14.6 Å². The monoisotopic (exact) mass is 427 g/mol. The summed E-state index contributed by atoms with van der Waals surface area (Å²) in [6.45, 7) is 2.75. The van der Waals surface area contributed by atoms with Gasteiger partial charge >= 0.3 is 0 Å². The quantitative estimate of drug-likeness (QED) is 0.599. The number of anilines is 1. The van der Waals surface area contributed by atoms with E-state index in [4.69, 9.17) is 4.74 Å². The molecule has 0 bridgehead atoms. The number of methoxy groups -OCH3 is 1. The Morgan fingerprint density at radius 1 is 1.19 bits per heavy atom. The van der Waals surface area contributed by atoms with E-state index in [2.05, 4.69) is 30.8 Å². The topological polar surface area (TPSA) is 56.1 Å². The molecular formula is C21H22BrN3O2. The van der Waals surface area contributed by atoms with E-state index in [1.165, 1.54) is 0 Å². The van der Waals surface area contributed by atoms with Gasteiger partial charge in [-0.25, -0.2) is 4.98 Å². The Labute approximate surface area is 167 Å². The average molecular weight is 428 g/mol. The van der Waals surface area contributed by atoms with E-state index in [1.54, 1.807) is 13.3 Å². The maximum absolute atomic E-state index is 12.2. The molecule has 6 heteroatoms. The fraction of sp³-hybridized carbons (Fsp3) is 0.238. The van der Waals surface area contributed by atoms with Gasteiger partial charge in [0.25, 0.3) is 0 Å². The SMILES string of the molecule is COc1ccc(CCC(=O)Nc2ccc(Cn3ccnc3C)cc2)cc1Br. The summed E-state index contributed by atoms with van der Waals surface area (Å²) in [7, 11) is 1.63. The molecule has 1 heterocycles. The first-order valence-electron chi connectivity index (χ1n) is 8.74. The number of carbonyl (C=O) groups is 1. The standard InChI is InChI=1S/C21H22BrN3O2/c1-15-23-11-12-25(15)14-17-3-7-18(8-4-17)24-21(26)10-6-16-5-9-20(27-2)19(22)13-16/h3-5,7-9,11-13H,6,10,14H2,1-2H3,(H,24,26). The second-order valence-electron chi connectivity index (χ2n) is 6.32. The van der Waals surface area contributed by atoms with E-state index in [0.717, 1.165) is 39.4 Å². The van der Waals surface area contributed by atoms with Gasteiger partial charge in [0.15, 0.2) is 0 Å². The van der Waals surface area contributed by atoms with E-state index >= 15 is 0 Å². The van der Waals surface area contributed by atoms with E-state index in [9.17, 15) is 4.79 Å². The molecule has 27 heavy (non-hydrogen) atoms. The summed E-state index contributed by atoms with van der Waals surface area (Å²) < 4.78 is 8.20. The first-order chi connectivity index (χ1) is 13.0. The van der Waals surface area contributed by atoms with Crippen LogP contribution in [0.15, 0.2) is 59.3 Å². The largest absolute Gasteiger partial charge is 0.496 e. The molecule has 0 unspecified atom stereocenters. The molecule has 0 aliphatic heterocycles. The van der Waals surface area contributed by atoms with Crippen LogP contribution in [0, 0.1) is 6.92 Å². The van der Waals surface area contributed by atoms with Gasteiger partial charge in [-0.15, -0.1) is 0 Å². The summed E-state index contributed by atoms with van der Waals surface area (Å²) in [6.07, 6.45) is 4.86. The molecule has 0 aliphatic rings. The molecule has 0 radical (unpaired) electrons. The second kappa shape index (κ2) is 8.86. The molecule has 3 rings (SSSR count). The van der Waals surface area contributed by atoms with Crippen molar-refractivity contribution in [2.24, 2.45) is 0 Å². The lowest BCUT2D eigenvalue weighted by Crippen LogP contribution is -2.12. The predicted octanol–water partition coefficient (Wildman–Crippen LogP) is 4.58. The van der Waals surface area contributed by atoms with Crippen molar-refractivity contribution in [3.8, 4) is 5.75 Å². The molecule has 1 amide bonds. The minimum Gasteiger partial charge on any atom is -0.496 e. The van der Waals surface area contributed by atoms with Crippen molar-refractivity contribution in [2.45, 2.75) is 26.3 Å². The number of aryl methyl sites for hydroxylation is 2. The normalized spacial score (nSPS) is 10.6. The minimum absolute atomic E-state index is 0.000134. The minimum atomic E-state index is 0.000134. The molecule has 0 saturated heterocycles. The lowest BCUT2D eigenvalue weighted by atomic mass is 10.1. The van der Waals surface area contributed by atoms with Crippen LogP contribution in [0.2, 0.25) is 0 Å². The highest BCUT2D eigenvalue weighted by atomic mass is 79.9. The number of rotatable bonds is 7. The molecule has 3 aromatic rings. The van der Waals surface area contributed by atoms with Gasteiger partial charge in [-0.2, -0.15) is 0 Å². The molecule has 5 nitrogen and oxygen atoms in total. The number of aromatic nitrogens is 2. The lowest BCUT2D eigenvalue weighted by Gasteiger charge is -2.09. The van der Waals surface area contributed by atoms with Gasteiger partial charge in [0, 0.05) is 31.0 Å². The Kier molecular flexibility index (Phi) is 6.29. The van der Waals surface area contributed by atoms with Crippen LogP contribution in [0.3, 0.4) is 0 Å². The van der Waals surface area contributed by atoms with Crippen molar-refractivity contribution < 1.29 is 9.53 Å². The van der Waals surface area contributed by atoms with Crippen LogP contribution < -0.4 is 10.1 Å². The number of nitrogens with zero attached hydrogens (tertiary/aromatic N) is 2. The van der Waals surface area contributed by atoms with E-state index in [1.807, 2.05) is 55.6 Å². The first kappa shape index (κ1) is 19.2. The zero-order valence-corrected chi connectivity index (χ0v) is 17.0. The number of hydrogen-bond donors (Lipinski definition) is 1. The van der Waals surface area contributed by atoms with Crippen molar-refractivity contribution in [3.05, 3.63) is 76.3 Å². The summed E-state index contributed by atoms with van der Waals surface area (Å²) in [4.78, 5) is 16.4. The summed E-state index contributed by atoms with van der Waals surface area (Å²) in [6, 6.07) is 13.8. The van der Waals surface area contributed by atoms with Gasteiger partial charge in [-0.3, -0.25) is 4.79 Å². The van der Waals surface area contributed by atoms with Crippen molar-refractivity contribution in [1.29, 1.82) is 0 Å². The second-order valence-corrected chi connectivity index (χ2v) is 7.17. The Hall–Kier alpha value is -2.60. The summed E-state index contributed by atoms with van der Waals surface area (Å²) in [5, 5.41) is 2.95. The number of benzene rings is 2. The van der Waals surface area contributed by atoms with E-state index in [0.29, 0.717) is 12.8 Å². The number of ether oxygens (including phenoxy) is 1. The fourth-order valence-electron chi connectivity index (χ4n) is 2.81. The van der Waals surface area contributed by atoms with Crippen LogP contribution in [-0.2, 0) is 17.8 Å². The summed E-state index contributed by atoms with van der Waals surface area (Å²) >= 11 is 3.47. The molecule has 0 atom stereocenters. The highest BCUT2D eigenvalue weighted by Gasteiger charge is 2.06. The van der Waals surface area contributed by atoms with Crippen LogP contribution in [0.25, 0.3) is 0 Å². The third kappa shape index (κ3) is 5.20. The van der Waals surface area contributed by atoms with E-state index < -0.39 is 0 Å². The zero-order chi connectivity index (χ0) is 19.2. The summed E-state index contributed by atoms with van der Waals surface area (Å²) in [5.41, 5.74) is 3.06. The predicted molar refractivity (Wildman–Crippen MR) is 110 cm³/mol. The third-order valence-corrected chi connectivity index (χ3v) is 4.99. The molecule has 1 aromatic heterocycles. The van der Waals surface area contributed by atoms with Crippen molar-refractivity contribution in [1.82, 2.24) is 9.55 Å². The number of amides is 1. The highest BCUT2D eigenvalue weighted by Crippen LogP contribution is 2.26. The molecule has 0 spiro atoms. The molecule has 140 valence electrons. The molecule has 2 aromatic carbocycles. The Balaban J connectivity index is 1.52. The molecular weight excluding hydrogens is 406 g/mol. The maximum Gasteiger partial charge on any atom is 0.224 e. The van der Waals surface area contributed by atoms with Gasteiger partial charge in [-0.1, -0.05) is 18.2 Å². The molecule has 1 N–H and O–H groups in total. The van der Waals surface area contributed by atoms with Crippen molar-refractivity contribution in [3.63, 3.8) is 0 Å². The fourth-order valence-corrected chi connectivity index (χ4v) is 3.40. The lowest BCUT2D eigenvalue weighted by molar-refractivity contribution is -0.116. The summed E-state index contributed by atoms with van der Waals surface area (Å²) in [5.74, 6) is 1.77. The van der Waals surface area contributed by atoms with Crippen molar-refractivity contribution in [2.75, 3.05) is 12.4 Å². The Morgan fingerprint density at radius 3 is 2.56 bits per heavy atom. The number of imidazole rings is 1. The average Bonchev–Trinajstić information content (AvgIpc) is 3.06. The Morgan fingerprint density at radius 2 is 1.93 bits per heavy atom. The number of nitrogens with one attached hydrogen (secondary N) is 1. The van der Waals surface area contributed by atoms with Crippen LogP contribution in [0.4, 0.5) is 5.69 Å². The smallest absolute Gasteiger partial charge is 0.224 e.